The first-order chi connectivity index (χ1) is 7.20. The molecule has 0 saturated carbocycles. The predicted molar refractivity (Wildman–Crippen MR) is 54.4 cm³/mol. The van der Waals surface area contributed by atoms with Crippen molar-refractivity contribution in [2.45, 2.75) is 0 Å². The number of imidazole rings is 1. The van der Waals surface area contributed by atoms with Crippen molar-refractivity contribution >= 4 is 17.9 Å². The van der Waals surface area contributed by atoms with Crippen molar-refractivity contribution in [2.24, 2.45) is 0 Å². The molecule has 3 nitrogen and oxygen atoms in total. The van der Waals surface area contributed by atoms with Crippen LogP contribution in [-0.2, 0) is 0 Å². The van der Waals surface area contributed by atoms with Gasteiger partial charge in [-0.05, 0) is 18.2 Å². The summed E-state index contributed by atoms with van der Waals surface area (Å²) in [5, 5.41) is 0.412. The lowest BCUT2D eigenvalue weighted by molar-refractivity contribution is 0.111. The predicted octanol–water partition coefficient (Wildman–Crippen LogP) is 2.68. The summed E-state index contributed by atoms with van der Waals surface area (Å²) in [6, 6.07) is 4.15. The number of benzene rings is 1. The molecular formula is C10H6ClFN2O. The summed E-state index contributed by atoms with van der Waals surface area (Å²) in [7, 11) is 0. The van der Waals surface area contributed by atoms with Crippen molar-refractivity contribution in [1.82, 2.24) is 9.97 Å². The Hall–Kier alpha value is -1.68. The van der Waals surface area contributed by atoms with Gasteiger partial charge in [-0.3, -0.25) is 4.79 Å². The topological polar surface area (TPSA) is 45.8 Å². The molecule has 1 aromatic heterocycles. The van der Waals surface area contributed by atoms with Crippen LogP contribution in [0.1, 0.15) is 10.5 Å². The summed E-state index contributed by atoms with van der Waals surface area (Å²) in [6.07, 6.45) is 1.95. The van der Waals surface area contributed by atoms with E-state index >= 15 is 0 Å². The van der Waals surface area contributed by atoms with E-state index in [2.05, 4.69) is 9.97 Å². The molecule has 0 radical (unpaired) electrons. The van der Waals surface area contributed by atoms with E-state index < -0.39 is 5.82 Å². The smallest absolute Gasteiger partial charge is 0.167 e. The molecule has 2 aromatic rings. The van der Waals surface area contributed by atoms with E-state index in [0.717, 1.165) is 0 Å². The van der Waals surface area contributed by atoms with E-state index in [0.29, 0.717) is 17.0 Å². The number of nitrogens with one attached hydrogen (secondary N) is 1. The van der Waals surface area contributed by atoms with Gasteiger partial charge in [0.2, 0.25) is 0 Å². The van der Waals surface area contributed by atoms with Crippen LogP contribution in [0.2, 0.25) is 5.02 Å². The Morgan fingerprint density at radius 3 is 2.93 bits per heavy atom. The normalized spacial score (nSPS) is 10.3. The molecule has 5 heteroatoms. The third-order valence-corrected chi connectivity index (χ3v) is 2.14. The highest BCUT2D eigenvalue weighted by Crippen LogP contribution is 2.23. The van der Waals surface area contributed by atoms with Crippen molar-refractivity contribution in [1.29, 1.82) is 0 Å². The average Bonchev–Trinajstić information content (AvgIpc) is 2.70. The van der Waals surface area contributed by atoms with Gasteiger partial charge in [0, 0.05) is 5.02 Å². The number of H-pyrrole nitrogens is 1. The molecule has 0 bridgehead atoms. The van der Waals surface area contributed by atoms with Crippen LogP contribution in [0.5, 0.6) is 0 Å². The standard InChI is InChI=1S/C10H6ClFN2O/c11-6-1-2-9(12)8(3-6)10-13-4-7(5-15)14-10/h1-5H,(H,13,14). The third-order valence-electron chi connectivity index (χ3n) is 1.91. The Morgan fingerprint density at radius 1 is 1.47 bits per heavy atom. The molecule has 0 atom stereocenters. The molecule has 0 fully saturated rings. The largest absolute Gasteiger partial charge is 0.336 e. The number of hydrogen-bond acceptors (Lipinski definition) is 2. The number of rotatable bonds is 2. The van der Waals surface area contributed by atoms with Gasteiger partial charge in [0.15, 0.2) is 6.29 Å². The number of hydrogen-bond donors (Lipinski definition) is 1. The summed E-state index contributed by atoms with van der Waals surface area (Å²) < 4.78 is 13.4. The number of halogens is 2. The van der Waals surface area contributed by atoms with Crippen molar-refractivity contribution < 1.29 is 9.18 Å². The summed E-state index contributed by atoms with van der Waals surface area (Å²) in [4.78, 5) is 17.0. The second-order valence-corrected chi connectivity index (χ2v) is 3.37. The molecular weight excluding hydrogens is 219 g/mol. The van der Waals surface area contributed by atoms with E-state index in [-0.39, 0.29) is 11.4 Å². The highest BCUT2D eigenvalue weighted by molar-refractivity contribution is 6.30. The van der Waals surface area contributed by atoms with Crippen LogP contribution in [-0.4, -0.2) is 16.3 Å². The highest BCUT2D eigenvalue weighted by Gasteiger charge is 2.09. The fourth-order valence-electron chi connectivity index (χ4n) is 1.21. The maximum Gasteiger partial charge on any atom is 0.167 e. The van der Waals surface area contributed by atoms with Crippen LogP contribution in [0.15, 0.2) is 24.4 Å². The monoisotopic (exact) mass is 224 g/mol. The number of nitrogens with zero attached hydrogens (tertiary/aromatic N) is 1. The van der Waals surface area contributed by atoms with Gasteiger partial charge < -0.3 is 4.98 Å². The first kappa shape index (κ1) is 9.86. The molecule has 1 N–H and O–H groups in total. The highest BCUT2D eigenvalue weighted by atomic mass is 35.5. The molecule has 1 aromatic carbocycles. The van der Waals surface area contributed by atoms with Gasteiger partial charge in [0.05, 0.1) is 17.5 Å². The number of carbonyl (C=O) groups excluding carboxylic acids is 1. The van der Waals surface area contributed by atoms with Crippen molar-refractivity contribution in [3.63, 3.8) is 0 Å². The SMILES string of the molecule is O=Cc1cnc(-c2cc(Cl)ccc2F)[nH]1. The minimum Gasteiger partial charge on any atom is -0.336 e. The molecule has 0 spiro atoms. The van der Waals surface area contributed by atoms with Gasteiger partial charge in [0.25, 0.3) is 0 Å². The quantitative estimate of drug-likeness (QED) is 0.798. The molecule has 2 rings (SSSR count). The van der Waals surface area contributed by atoms with Gasteiger partial charge in [-0.2, -0.15) is 0 Å². The number of aromatic amines is 1. The Labute approximate surface area is 89.9 Å². The lowest BCUT2D eigenvalue weighted by Crippen LogP contribution is -1.87. The van der Waals surface area contributed by atoms with Crippen molar-refractivity contribution in [2.75, 3.05) is 0 Å². The van der Waals surface area contributed by atoms with Crippen LogP contribution in [0.3, 0.4) is 0 Å². The van der Waals surface area contributed by atoms with Crippen LogP contribution in [0.4, 0.5) is 4.39 Å². The molecule has 76 valence electrons. The van der Waals surface area contributed by atoms with E-state index in [4.69, 9.17) is 11.6 Å². The Bertz CT molecular complexity index is 510. The lowest BCUT2D eigenvalue weighted by atomic mass is 10.2. The maximum atomic E-state index is 13.4. The van der Waals surface area contributed by atoms with Crippen LogP contribution < -0.4 is 0 Å². The summed E-state index contributed by atoms with van der Waals surface area (Å²) in [5.41, 5.74) is 0.542. The van der Waals surface area contributed by atoms with Crippen LogP contribution in [0.25, 0.3) is 11.4 Å². The molecule has 0 aliphatic heterocycles. The number of carbonyl (C=O) groups is 1. The van der Waals surface area contributed by atoms with Gasteiger partial charge in [0.1, 0.15) is 11.6 Å². The van der Waals surface area contributed by atoms with Gasteiger partial charge in [-0.25, -0.2) is 9.37 Å². The second kappa shape index (κ2) is 3.82. The fourth-order valence-corrected chi connectivity index (χ4v) is 1.38. The van der Waals surface area contributed by atoms with Crippen LogP contribution >= 0.6 is 11.6 Å². The average molecular weight is 225 g/mol. The summed E-state index contributed by atoms with van der Waals surface area (Å²) in [5.74, 6) is -0.150. The van der Waals surface area contributed by atoms with Crippen molar-refractivity contribution in [3.05, 3.63) is 40.9 Å². The summed E-state index contributed by atoms with van der Waals surface area (Å²) in [6.45, 7) is 0. The van der Waals surface area contributed by atoms with Gasteiger partial charge in [-0.1, -0.05) is 11.6 Å². The number of aldehydes is 1. The molecule has 0 unspecified atom stereocenters. The first-order valence-electron chi connectivity index (χ1n) is 4.16. The van der Waals surface area contributed by atoms with E-state index in [1.54, 1.807) is 0 Å². The second-order valence-electron chi connectivity index (χ2n) is 2.93. The Kier molecular flexibility index (Phi) is 2.51. The minimum atomic E-state index is -0.439. The Balaban J connectivity index is 2.52. The zero-order valence-corrected chi connectivity index (χ0v) is 8.25. The van der Waals surface area contributed by atoms with E-state index in [9.17, 15) is 9.18 Å². The van der Waals surface area contributed by atoms with E-state index in [1.807, 2.05) is 0 Å². The maximum absolute atomic E-state index is 13.4. The van der Waals surface area contributed by atoms with Gasteiger partial charge >= 0.3 is 0 Å². The summed E-state index contributed by atoms with van der Waals surface area (Å²) >= 11 is 5.73. The molecule has 0 amide bonds. The minimum absolute atomic E-state index is 0.246. The van der Waals surface area contributed by atoms with Crippen molar-refractivity contribution in [3.8, 4) is 11.4 Å². The molecule has 0 aliphatic rings. The number of aromatic nitrogens is 2. The first-order valence-corrected chi connectivity index (χ1v) is 4.54. The zero-order valence-electron chi connectivity index (χ0n) is 7.50. The molecule has 0 saturated heterocycles. The third kappa shape index (κ3) is 1.89. The zero-order chi connectivity index (χ0) is 10.8. The van der Waals surface area contributed by atoms with Gasteiger partial charge in [-0.15, -0.1) is 0 Å². The molecule has 0 aliphatic carbocycles. The molecule has 1 heterocycles. The molecule has 15 heavy (non-hydrogen) atoms. The van der Waals surface area contributed by atoms with E-state index in [1.165, 1.54) is 24.4 Å². The van der Waals surface area contributed by atoms with Crippen LogP contribution in [0, 0.1) is 5.82 Å². The fraction of sp³-hybridized carbons (Fsp3) is 0. The lowest BCUT2D eigenvalue weighted by Gasteiger charge is -1.99. The Morgan fingerprint density at radius 2 is 2.27 bits per heavy atom.